The van der Waals surface area contributed by atoms with Crippen molar-refractivity contribution in [3.63, 3.8) is 0 Å². The monoisotopic (exact) mass is 255 g/mol. The van der Waals surface area contributed by atoms with E-state index in [0.29, 0.717) is 24.5 Å². The summed E-state index contributed by atoms with van der Waals surface area (Å²) in [5.74, 6) is -0.0643. The second-order valence-electron chi connectivity index (χ2n) is 4.28. The van der Waals surface area contributed by atoms with Gasteiger partial charge in [-0.2, -0.15) is 0 Å². The lowest BCUT2D eigenvalue weighted by Gasteiger charge is -2.20. The molecule has 2 N–H and O–H groups in total. The van der Waals surface area contributed by atoms with Crippen molar-refractivity contribution in [2.24, 2.45) is 0 Å². The number of carbonyl (C=O) groups is 1. The molecule has 2 aromatic rings. The Balaban J connectivity index is 2.15. The topological polar surface area (TPSA) is 59.2 Å². The van der Waals surface area contributed by atoms with E-state index < -0.39 is 0 Å². The van der Waals surface area contributed by atoms with Gasteiger partial charge in [0, 0.05) is 25.0 Å². The molecule has 0 aliphatic heterocycles. The Morgan fingerprint density at radius 2 is 2.11 bits per heavy atom. The number of amides is 1. The number of nitrogens with zero attached hydrogens (tertiary/aromatic N) is 2. The van der Waals surface area contributed by atoms with Crippen molar-refractivity contribution in [1.29, 1.82) is 0 Å². The molecule has 4 heteroatoms. The van der Waals surface area contributed by atoms with E-state index in [-0.39, 0.29) is 5.91 Å². The van der Waals surface area contributed by atoms with Crippen LogP contribution in [0, 0.1) is 0 Å². The molecule has 0 aliphatic carbocycles. The molecule has 0 saturated carbocycles. The first-order valence-corrected chi connectivity index (χ1v) is 6.25. The lowest BCUT2D eigenvalue weighted by Crippen LogP contribution is -2.30. The number of benzene rings is 1. The van der Waals surface area contributed by atoms with Crippen molar-refractivity contribution in [1.82, 2.24) is 9.88 Å². The van der Waals surface area contributed by atoms with Gasteiger partial charge in [-0.3, -0.25) is 9.78 Å². The molecular weight excluding hydrogens is 238 g/mol. The van der Waals surface area contributed by atoms with E-state index in [9.17, 15) is 4.79 Å². The standard InChI is InChI=1S/C15H17N3O/c1-2-18(11-12-6-5-7-13(16)10-12)15(19)14-8-3-4-9-17-14/h3-10H,2,11,16H2,1H3. The third-order valence-corrected chi connectivity index (χ3v) is 2.88. The number of anilines is 1. The molecule has 0 radical (unpaired) electrons. The lowest BCUT2D eigenvalue weighted by molar-refractivity contribution is 0.0746. The van der Waals surface area contributed by atoms with Crippen LogP contribution in [0.5, 0.6) is 0 Å². The molecule has 1 aromatic heterocycles. The summed E-state index contributed by atoms with van der Waals surface area (Å²) in [5, 5.41) is 0. The van der Waals surface area contributed by atoms with E-state index in [4.69, 9.17) is 5.73 Å². The molecule has 2 rings (SSSR count). The smallest absolute Gasteiger partial charge is 0.272 e. The van der Waals surface area contributed by atoms with Crippen molar-refractivity contribution >= 4 is 11.6 Å². The summed E-state index contributed by atoms with van der Waals surface area (Å²) in [5.41, 5.74) is 7.94. The third kappa shape index (κ3) is 3.31. The molecule has 4 nitrogen and oxygen atoms in total. The Labute approximate surface area is 112 Å². The van der Waals surface area contributed by atoms with Crippen molar-refractivity contribution in [2.45, 2.75) is 13.5 Å². The molecule has 0 bridgehead atoms. The van der Waals surface area contributed by atoms with Gasteiger partial charge in [0.05, 0.1) is 0 Å². The Morgan fingerprint density at radius 3 is 2.74 bits per heavy atom. The number of nitrogen functional groups attached to an aromatic ring is 1. The molecule has 1 amide bonds. The summed E-state index contributed by atoms with van der Waals surface area (Å²) in [7, 11) is 0. The third-order valence-electron chi connectivity index (χ3n) is 2.88. The number of hydrogen-bond donors (Lipinski definition) is 1. The average Bonchev–Trinajstić information content (AvgIpc) is 2.45. The molecule has 0 saturated heterocycles. The molecule has 0 atom stereocenters. The Bertz CT molecular complexity index is 554. The summed E-state index contributed by atoms with van der Waals surface area (Å²) in [6.45, 7) is 3.12. The van der Waals surface area contributed by atoms with Gasteiger partial charge in [-0.25, -0.2) is 0 Å². The highest BCUT2D eigenvalue weighted by atomic mass is 16.2. The highest BCUT2D eigenvalue weighted by Crippen LogP contribution is 2.11. The normalized spacial score (nSPS) is 10.2. The van der Waals surface area contributed by atoms with Gasteiger partial charge < -0.3 is 10.6 Å². The maximum atomic E-state index is 12.3. The second kappa shape index (κ2) is 6.00. The van der Waals surface area contributed by atoms with E-state index in [2.05, 4.69) is 4.98 Å². The molecule has 0 spiro atoms. The first-order valence-electron chi connectivity index (χ1n) is 6.25. The van der Waals surface area contributed by atoms with Gasteiger partial charge in [-0.1, -0.05) is 18.2 Å². The molecular formula is C15H17N3O. The van der Waals surface area contributed by atoms with Crippen LogP contribution >= 0.6 is 0 Å². The second-order valence-corrected chi connectivity index (χ2v) is 4.28. The van der Waals surface area contributed by atoms with Gasteiger partial charge in [0.1, 0.15) is 5.69 Å². The summed E-state index contributed by atoms with van der Waals surface area (Å²) < 4.78 is 0. The van der Waals surface area contributed by atoms with Gasteiger partial charge in [0.2, 0.25) is 0 Å². The molecule has 98 valence electrons. The summed E-state index contributed by atoms with van der Waals surface area (Å²) in [6, 6.07) is 12.9. The fourth-order valence-electron chi connectivity index (χ4n) is 1.89. The quantitative estimate of drug-likeness (QED) is 0.853. The van der Waals surface area contributed by atoms with Crippen LogP contribution in [0.15, 0.2) is 48.7 Å². The maximum Gasteiger partial charge on any atom is 0.272 e. The van der Waals surface area contributed by atoms with E-state index in [0.717, 1.165) is 5.56 Å². The zero-order valence-electron chi connectivity index (χ0n) is 10.9. The van der Waals surface area contributed by atoms with Crippen LogP contribution in [0.4, 0.5) is 5.69 Å². The van der Waals surface area contributed by atoms with Crippen molar-refractivity contribution in [3.8, 4) is 0 Å². The molecule has 19 heavy (non-hydrogen) atoms. The highest BCUT2D eigenvalue weighted by Gasteiger charge is 2.15. The fraction of sp³-hybridized carbons (Fsp3) is 0.200. The Hall–Kier alpha value is -2.36. The molecule has 0 unspecified atom stereocenters. The molecule has 1 heterocycles. The van der Waals surface area contributed by atoms with E-state index in [1.807, 2.05) is 37.3 Å². The van der Waals surface area contributed by atoms with Crippen molar-refractivity contribution < 1.29 is 4.79 Å². The largest absolute Gasteiger partial charge is 0.399 e. The van der Waals surface area contributed by atoms with E-state index in [1.165, 1.54) is 0 Å². The molecule has 0 aliphatic rings. The van der Waals surface area contributed by atoms with Crippen LogP contribution in [0.1, 0.15) is 23.0 Å². The minimum Gasteiger partial charge on any atom is -0.399 e. The van der Waals surface area contributed by atoms with Crippen LogP contribution in [-0.2, 0) is 6.54 Å². The predicted molar refractivity (Wildman–Crippen MR) is 75.5 cm³/mol. The van der Waals surface area contributed by atoms with E-state index in [1.54, 1.807) is 23.2 Å². The van der Waals surface area contributed by atoms with Gasteiger partial charge in [-0.15, -0.1) is 0 Å². The molecule has 1 aromatic carbocycles. The first-order chi connectivity index (χ1) is 9.20. The van der Waals surface area contributed by atoms with Crippen molar-refractivity contribution in [3.05, 3.63) is 59.9 Å². The summed E-state index contributed by atoms with van der Waals surface area (Å²) in [6.07, 6.45) is 1.63. The average molecular weight is 255 g/mol. The van der Waals surface area contributed by atoms with Crippen LogP contribution in [0.2, 0.25) is 0 Å². The van der Waals surface area contributed by atoms with Gasteiger partial charge in [0.15, 0.2) is 0 Å². The predicted octanol–water partition coefficient (Wildman–Crippen LogP) is 2.33. The van der Waals surface area contributed by atoms with Gasteiger partial charge in [-0.05, 0) is 36.8 Å². The van der Waals surface area contributed by atoms with Crippen LogP contribution in [0.3, 0.4) is 0 Å². The minimum atomic E-state index is -0.0643. The summed E-state index contributed by atoms with van der Waals surface area (Å²) >= 11 is 0. The van der Waals surface area contributed by atoms with Crippen LogP contribution < -0.4 is 5.73 Å². The Morgan fingerprint density at radius 1 is 1.26 bits per heavy atom. The number of nitrogens with two attached hydrogens (primary N) is 1. The lowest BCUT2D eigenvalue weighted by atomic mass is 10.2. The fourth-order valence-corrected chi connectivity index (χ4v) is 1.89. The first kappa shape index (κ1) is 13.1. The Kier molecular flexibility index (Phi) is 4.13. The van der Waals surface area contributed by atoms with Crippen LogP contribution in [-0.4, -0.2) is 22.3 Å². The number of carbonyl (C=O) groups excluding carboxylic acids is 1. The zero-order chi connectivity index (χ0) is 13.7. The highest BCUT2D eigenvalue weighted by molar-refractivity contribution is 5.92. The minimum absolute atomic E-state index is 0.0643. The van der Waals surface area contributed by atoms with Crippen molar-refractivity contribution in [2.75, 3.05) is 12.3 Å². The molecule has 0 fully saturated rings. The summed E-state index contributed by atoms with van der Waals surface area (Å²) in [4.78, 5) is 18.1. The number of aromatic nitrogens is 1. The number of hydrogen-bond acceptors (Lipinski definition) is 3. The van der Waals surface area contributed by atoms with Gasteiger partial charge in [0.25, 0.3) is 5.91 Å². The van der Waals surface area contributed by atoms with Crippen LogP contribution in [0.25, 0.3) is 0 Å². The SMILES string of the molecule is CCN(Cc1cccc(N)c1)C(=O)c1ccccn1. The number of rotatable bonds is 4. The van der Waals surface area contributed by atoms with E-state index >= 15 is 0 Å². The maximum absolute atomic E-state index is 12.3. The number of pyridine rings is 1. The van der Waals surface area contributed by atoms with Gasteiger partial charge >= 0.3 is 0 Å². The zero-order valence-corrected chi connectivity index (χ0v) is 10.9.